The summed E-state index contributed by atoms with van der Waals surface area (Å²) in [6, 6.07) is 8.98. The minimum Gasteiger partial charge on any atom is -0.384 e. The fourth-order valence-electron chi connectivity index (χ4n) is 7.47. The molecule has 9 heteroatoms. The van der Waals surface area contributed by atoms with Gasteiger partial charge in [-0.25, -0.2) is 19.3 Å². The summed E-state index contributed by atoms with van der Waals surface area (Å²) < 4.78 is 3.32. The third-order valence-corrected chi connectivity index (χ3v) is 9.75. The number of nitrogens with one attached hydrogen (secondary N) is 1. The van der Waals surface area contributed by atoms with Crippen molar-refractivity contribution in [2.45, 2.75) is 82.4 Å². The van der Waals surface area contributed by atoms with E-state index in [0.29, 0.717) is 53.3 Å². The summed E-state index contributed by atoms with van der Waals surface area (Å²) in [5.41, 5.74) is 6.43. The van der Waals surface area contributed by atoms with Crippen molar-refractivity contribution in [2.24, 2.45) is 0 Å². The molecule has 3 aromatic heterocycles. The van der Waals surface area contributed by atoms with Crippen LogP contribution in [-0.2, 0) is 31.4 Å². The number of nitrogens with zero attached hydrogens (tertiary/aromatic N) is 6. The van der Waals surface area contributed by atoms with Crippen LogP contribution in [0.25, 0.3) is 16.9 Å². The van der Waals surface area contributed by atoms with Crippen LogP contribution in [0.5, 0.6) is 0 Å². The van der Waals surface area contributed by atoms with E-state index in [4.69, 9.17) is 9.97 Å². The first kappa shape index (κ1) is 27.0. The molecule has 3 atom stereocenters. The number of aliphatic hydroxyl groups is 1. The maximum atomic E-state index is 13.5. The summed E-state index contributed by atoms with van der Waals surface area (Å²) >= 11 is 0. The first-order valence-corrected chi connectivity index (χ1v) is 15.2. The lowest BCUT2D eigenvalue weighted by atomic mass is 9.71. The Morgan fingerprint density at radius 1 is 1.19 bits per heavy atom. The van der Waals surface area contributed by atoms with Crippen molar-refractivity contribution >= 4 is 22.7 Å². The zero-order chi connectivity index (χ0) is 29.2. The number of hydrogen-bond acceptors (Lipinski definition) is 7. The Balaban J connectivity index is 1.31. The Bertz CT molecular complexity index is 1770. The molecule has 7 rings (SSSR count). The largest absolute Gasteiger partial charge is 0.384 e. The summed E-state index contributed by atoms with van der Waals surface area (Å²) in [5, 5.41) is 15.1. The number of anilines is 2. The molecule has 0 saturated carbocycles. The Labute approximate surface area is 245 Å². The molecular weight excluding hydrogens is 526 g/mol. The Hall–Kier alpha value is -3.82. The maximum Gasteiger partial charge on any atom is 0.278 e. The molecule has 3 aliphatic carbocycles. The minimum absolute atomic E-state index is 0.205. The van der Waals surface area contributed by atoms with Gasteiger partial charge in [0.05, 0.1) is 12.2 Å². The highest BCUT2D eigenvalue weighted by atomic mass is 16.3. The molecule has 0 aliphatic heterocycles. The van der Waals surface area contributed by atoms with Gasteiger partial charge in [0, 0.05) is 17.9 Å². The quantitative estimate of drug-likeness (QED) is 0.312. The average Bonchev–Trinajstić information content (AvgIpc) is 3.46. The highest BCUT2D eigenvalue weighted by molar-refractivity contribution is 5.77. The third-order valence-electron chi connectivity index (χ3n) is 9.75. The zero-order valence-electron chi connectivity index (χ0n) is 24.7. The summed E-state index contributed by atoms with van der Waals surface area (Å²) in [5.74, 6) is 1.61. The van der Waals surface area contributed by atoms with E-state index in [1.807, 2.05) is 19.1 Å². The fraction of sp³-hybridized carbons (Fsp3) is 0.455. The molecule has 0 saturated heterocycles. The smallest absolute Gasteiger partial charge is 0.278 e. The molecule has 3 heterocycles. The predicted molar refractivity (Wildman–Crippen MR) is 165 cm³/mol. The van der Waals surface area contributed by atoms with E-state index in [9.17, 15) is 9.90 Å². The SMILES string of the molecule is C=CCn1c(=O)c2cnc(Nc3cc4c5c(c3)CC(N(C)C)CC5CCC4)nc2n1-c1ccc2c(n1)C(O)(CC)CC2. The van der Waals surface area contributed by atoms with Crippen LogP contribution in [0.1, 0.15) is 72.9 Å². The molecule has 2 N–H and O–H groups in total. The summed E-state index contributed by atoms with van der Waals surface area (Å²) in [7, 11) is 4.36. The van der Waals surface area contributed by atoms with Crippen LogP contribution in [0.2, 0.25) is 0 Å². The molecule has 1 aromatic carbocycles. The predicted octanol–water partition coefficient (Wildman–Crippen LogP) is 4.75. The lowest BCUT2D eigenvalue weighted by Crippen LogP contribution is -2.36. The monoisotopic (exact) mass is 565 g/mol. The Morgan fingerprint density at radius 2 is 2.02 bits per heavy atom. The zero-order valence-corrected chi connectivity index (χ0v) is 24.7. The minimum atomic E-state index is -0.961. The van der Waals surface area contributed by atoms with Crippen LogP contribution < -0.4 is 10.9 Å². The normalized spacial score (nSPS) is 22.8. The van der Waals surface area contributed by atoms with Gasteiger partial charge in [-0.2, -0.15) is 4.98 Å². The van der Waals surface area contributed by atoms with Crippen LogP contribution in [0.4, 0.5) is 11.6 Å². The van der Waals surface area contributed by atoms with E-state index in [-0.39, 0.29) is 12.1 Å². The third kappa shape index (κ3) is 4.29. The number of aromatic nitrogens is 5. The lowest BCUT2D eigenvalue weighted by Gasteiger charge is -2.39. The molecule has 0 fully saturated rings. The number of allylic oxidation sites excluding steroid dienone is 1. The van der Waals surface area contributed by atoms with E-state index in [1.54, 1.807) is 27.2 Å². The number of pyridine rings is 1. The maximum absolute atomic E-state index is 13.5. The second kappa shape index (κ2) is 10.2. The molecule has 0 radical (unpaired) electrons. The summed E-state index contributed by atoms with van der Waals surface area (Å²) in [4.78, 5) is 30.2. The van der Waals surface area contributed by atoms with E-state index in [0.717, 1.165) is 30.5 Å². The van der Waals surface area contributed by atoms with E-state index in [1.165, 1.54) is 30.4 Å². The highest BCUT2D eigenvalue weighted by Gasteiger charge is 2.37. The van der Waals surface area contributed by atoms with Crippen LogP contribution in [0.3, 0.4) is 0 Å². The van der Waals surface area contributed by atoms with Crippen LogP contribution in [0, 0.1) is 0 Å². The van der Waals surface area contributed by atoms with Crippen LogP contribution in [0.15, 0.2) is 47.9 Å². The fourth-order valence-corrected chi connectivity index (χ4v) is 7.47. The molecule has 42 heavy (non-hydrogen) atoms. The van der Waals surface area contributed by atoms with E-state index < -0.39 is 5.60 Å². The highest BCUT2D eigenvalue weighted by Crippen LogP contribution is 2.44. The van der Waals surface area contributed by atoms with Gasteiger partial charge in [0.1, 0.15) is 11.0 Å². The molecule has 3 unspecified atom stereocenters. The van der Waals surface area contributed by atoms with Gasteiger partial charge in [0.15, 0.2) is 11.5 Å². The molecule has 218 valence electrons. The van der Waals surface area contributed by atoms with Crippen molar-refractivity contribution < 1.29 is 5.11 Å². The van der Waals surface area contributed by atoms with Crippen molar-refractivity contribution in [2.75, 3.05) is 19.4 Å². The van der Waals surface area contributed by atoms with Crippen molar-refractivity contribution in [1.82, 2.24) is 29.2 Å². The van der Waals surface area contributed by atoms with Gasteiger partial charge in [-0.3, -0.25) is 4.79 Å². The van der Waals surface area contributed by atoms with Crippen LogP contribution >= 0.6 is 0 Å². The first-order valence-electron chi connectivity index (χ1n) is 15.2. The Kier molecular flexibility index (Phi) is 6.55. The molecule has 3 aliphatic rings. The van der Waals surface area contributed by atoms with Crippen LogP contribution in [-0.4, -0.2) is 54.5 Å². The van der Waals surface area contributed by atoms with Crippen molar-refractivity contribution in [3.63, 3.8) is 0 Å². The van der Waals surface area contributed by atoms with Crippen molar-refractivity contribution in [1.29, 1.82) is 0 Å². The standard InChI is InChI=1S/C33H39N7O2/c1-5-14-39-31(41)26-19-34-32(37-30(26)40(39)27-11-10-20-12-13-33(42,6-2)29(20)36-27)35-24-15-21-8-7-9-22-17-25(38(3)4)18-23(16-24)28(21)22/h5,10-11,15-16,19,22,25,42H,1,6-9,12-14,17-18H2,2-4H3,(H,34,35,37). The second-order valence-electron chi connectivity index (χ2n) is 12.5. The molecule has 4 aromatic rings. The van der Waals surface area contributed by atoms with E-state index in [2.05, 4.69) is 48.0 Å². The number of rotatable bonds is 7. The first-order chi connectivity index (χ1) is 20.3. The number of fused-ring (bicyclic) bond motifs is 2. The van der Waals surface area contributed by atoms with Crippen molar-refractivity contribution in [3.8, 4) is 5.82 Å². The van der Waals surface area contributed by atoms with E-state index >= 15 is 0 Å². The molecule has 9 nitrogen and oxygen atoms in total. The average molecular weight is 566 g/mol. The van der Waals surface area contributed by atoms with Gasteiger partial charge in [-0.15, -0.1) is 6.58 Å². The van der Waals surface area contributed by atoms with Gasteiger partial charge in [0.25, 0.3) is 5.56 Å². The second-order valence-corrected chi connectivity index (χ2v) is 12.5. The number of benzene rings is 1. The van der Waals surface area contributed by atoms with Gasteiger partial charge in [0.2, 0.25) is 5.95 Å². The van der Waals surface area contributed by atoms with Crippen molar-refractivity contribution in [3.05, 3.63) is 81.4 Å². The number of likely N-dealkylation sites (N-methyl/N-ethyl adjacent to an activating group) is 1. The summed E-state index contributed by atoms with van der Waals surface area (Å²) in [6.45, 7) is 6.13. The van der Waals surface area contributed by atoms with Gasteiger partial charge >= 0.3 is 0 Å². The number of hydrogen-bond donors (Lipinski definition) is 2. The summed E-state index contributed by atoms with van der Waals surface area (Å²) in [6.07, 6.45) is 11.1. The van der Waals surface area contributed by atoms with Gasteiger partial charge < -0.3 is 15.3 Å². The molecule has 0 bridgehead atoms. The van der Waals surface area contributed by atoms with Gasteiger partial charge in [-0.1, -0.05) is 19.1 Å². The topological polar surface area (TPSA) is 101 Å². The lowest BCUT2D eigenvalue weighted by molar-refractivity contribution is 0.0306. The Morgan fingerprint density at radius 3 is 2.81 bits per heavy atom. The molecule has 0 amide bonds. The molecular formula is C33H39N7O2. The van der Waals surface area contributed by atoms with Gasteiger partial charge in [-0.05, 0) is 112 Å². The molecule has 0 spiro atoms. The number of aryl methyl sites for hydroxylation is 2.